The smallest absolute Gasteiger partial charge is 0.306 e. The minimum absolute atomic E-state index is 0.0437. The van der Waals surface area contributed by atoms with Crippen molar-refractivity contribution in [2.24, 2.45) is 17.0 Å². The third kappa shape index (κ3) is 8.35. The standard InChI is InChI=1S/C31H29Cl3N2O4S/c1-20(2)21-16-18-36(19-17-21)30(39)40-35-29(31(32,33)34)28(38)24-10-14-26(15-11-24)41-25-12-8-23(9-13-25)27(37)22-6-4-3-5-7-22/h3-15,20-21H,16-19H2,1-2H3/b35-29-. The van der Waals surface area contributed by atoms with Gasteiger partial charge in [-0.3, -0.25) is 14.4 Å². The zero-order valence-electron chi connectivity index (χ0n) is 22.6. The van der Waals surface area contributed by atoms with E-state index in [1.54, 1.807) is 53.4 Å². The second-order valence-electron chi connectivity index (χ2n) is 10.0. The Labute approximate surface area is 259 Å². The molecule has 6 nitrogen and oxygen atoms in total. The van der Waals surface area contributed by atoms with Crippen LogP contribution in [0.15, 0.2) is 93.8 Å². The number of rotatable bonds is 8. The van der Waals surface area contributed by atoms with Crippen LogP contribution in [0.1, 0.15) is 53.0 Å². The maximum atomic E-state index is 13.2. The van der Waals surface area contributed by atoms with Gasteiger partial charge in [0.2, 0.25) is 9.58 Å². The van der Waals surface area contributed by atoms with Gasteiger partial charge in [0.05, 0.1) is 0 Å². The van der Waals surface area contributed by atoms with E-state index in [9.17, 15) is 14.4 Å². The van der Waals surface area contributed by atoms with Crippen LogP contribution >= 0.6 is 46.6 Å². The summed E-state index contributed by atoms with van der Waals surface area (Å²) in [6.45, 7) is 5.42. The lowest BCUT2D eigenvalue weighted by atomic mass is 9.87. The number of alkyl halides is 3. The molecule has 0 saturated carbocycles. The number of hydrogen-bond donors (Lipinski definition) is 0. The second kappa shape index (κ2) is 13.9. The van der Waals surface area contributed by atoms with E-state index >= 15 is 0 Å². The number of oxime groups is 1. The Bertz CT molecular complexity index is 1400. The zero-order valence-corrected chi connectivity index (χ0v) is 25.6. The summed E-state index contributed by atoms with van der Waals surface area (Å²) >= 11 is 19.5. The molecule has 0 radical (unpaired) electrons. The summed E-state index contributed by atoms with van der Waals surface area (Å²) in [5.74, 6) is 0.375. The molecule has 0 aliphatic carbocycles. The summed E-state index contributed by atoms with van der Waals surface area (Å²) in [6.07, 6.45) is 1.05. The highest BCUT2D eigenvalue weighted by atomic mass is 35.6. The first-order valence-corrected chi connectivity index (χ1v) is 15.1. The molecule has 214 valence electrons. The predicted octanol–water partition coefficient (Wildman–Crippen LogP) is 8.48. The number of amides is 1. The highest BCUT2D eigenvalue weighted by molar-refractivity contribution is 7.99. The molecule has 1 saturated heterocycles. The molecule has 41 heavy (non-hydrogen) atoms. The van der Waals surface area contributed by atoms with Gasteiger partial charge in [-0.15, -0.1) is 0 Å². The van der Waals surface area contributed by atoms with Crippen molar-refractivity contribution in [1.82, 2.24) is 4.90 Å². The van der Waals surface area contributed by atoms with E-state index in [0.29, 0.717) is 36.1 Å². The van der Waals surface area contributed by atoms with Crippen molar-refractivity contribution in [3.8, 4) is 0 Å². The molecule has 1 aliphatic rings. The SMILES string of the molecule is CC(C)C1CCN(C(=O)O/N=C(/C(=O)c2ccc(Sc3ccc(C(=O)c4ccccc4)cc3)cc2)C(Cl)(Cl)Cl)CC1. The molecule has 0 bridgehead atoms. The maximum Gasteiger partial charge on any atom is 0.435 e. The normalized spacial score (nSPS) is 14.7. The van der Waals surface area contributed by atoms with Crippen molar-refractivity contribution in [2.45, 2.75) is 40.3 Å². The summed E-state index contributed by atoms with van der Waals surface area (Å²) in [5, 5.41) is 3.68. The molecular weight excluding hydrogens is 603 g/mol. The summed E-state index contributed by atoms with van der Waals surface area (Å²) in [7, 11) is 0. The van der Waals surface area contributed by atoms with Crippen LogP contribution in [0.4, 0.5) is 4.79 Å². The molecule has 0 unspecified atom stereocenters. The fraction of sp³-hybridized carbons (Fsp3) is 0.290. The summed E-state index contributed by atoms with van der Waals surface area (Å²) in [5.41, 5.74) is 0.941. The number of likely N-dealkylation sites (tertiary alicyclic amines) is 1. The van der Waals surface area contributed by atoms with E-state index in [-0.39, 0.29) is 11.3 Å². The topological polar surface area (TPSA) is 76.0 Å². The number of carbonyl (C=O) groups excluding carboxylic acids is 3. The minimum atomic E-state index is -2.20. The molecule has 0 atom stereocenters. The predicted molar refractivity (Wildman–Crippen MR) is 165 cm³/mol. The van der Waals surface area contributed by atoms with Crippen LogP contribution in [0, 0.1) is 11.8 Å². The Hall–Kier alpha value is -2.84. The minimum Gasteiger partial charge on any atom is -0.306 e. The van der Waals surface area contributed by atoms with Gasteiger partial charge in [-0.25, -0.2) is 4.79 Å². The third-order valence-corrected chi connectivity index (χ3v) is 8.50. The first-order chi connectivity index (χ1) is 19.5. The van der Waals surface area contributed by atoms with Gasteiger partial charge < -0.3 is 4.90 Å². The molecule has 1 fully saturated rings. The molecule has 3 aromatic carbocycles. The Kier molecular flexibility index (Phi) is 10.5. The number of halogens is 3. The largest absolute Gasteiger partial charge is 0.435 e. The van der Waals surface area contributed by atoms with Crippen LogP contribution in [0.5, 0.6) is 0 Å². The molecule has 0 spiro atoms. The van der Waals surface area contributed by atoms with Crippen molar-refractivity contribution < 1.29 is 19.2 Å². The van der Waals surface area contributed by atoms with Crippen molar-refractivity contribution in [3.63, 3.8) is 0 Å². The van der Waals surface area contributed by atoms with Gasteiger partial charge >= 0.3 is 6.09 Å². The number of nitrogens with zero attached hydrogens (tertiary/aromatic N) is 2. The molecule has 1 aliphatic heterocycles. The Morgan fingerprint density at radius 2 is 1.34 bits per heavy atom. The number of Topliss-reactive ketones (excluding diaryl/α,β-unsaturated/α-hetero) is 1. The van der Waals surface area contributed by atoms with Crippen LogP contribution in [-0.4, -0.2) is 45.2 Å². The number of ketones is 2. The lowest BCUT2D eigenvalue weighted by Crippen LogP contribution is -2.39. The fourth-order valence-electron chi connectivity index (χ4n) is 4.49. The van der Waals surface area contributed by atoms with E-state index in [1.165, 1.54) is 11.8 Å². The molecule has 1 amide bonds. The Morgan fingerprint density at radius 3 is 1.85 bits per heavy atom. The van der Waals surface area contributed by atoms with Crippen molar-refractivity contribution in [2.75, 3.05) is 13.1 Å². The lowest BCUT2D eigenvalue weighted by Gasteiger charge is -2.32. The van der Waals surface area contributed by atoms with E-state index in [0.717, 1.165) is 22.6 Å². The monoisotopic (exact) mass is 630 g/mol. The fourth-order valence-corrected chi connectivity index (χ4v) is 5.67. The highest BCUT2D eigenvalue weighted by Crippen LogP contribution is 2.32. The number of carbonyl (C=O) groups is 3. The van der Waals surface area contributed by atoms with Crippen LogP contribution in [-0.2, 0) is 4.84 Å². The van der Waals surface area contributed by atoms with Crippen molar-refractivity contribution >= 4 is 69.9 Å². The average molecular weight is 632 g/mol. The van der Waals surface area contributed by atoms with Crippen LogP contribution in [0.3, 0.4) is 0 Å². The summed E-state index contributed by atoms with van der Waals surface area (Å²) < 4.78 is -2.20. The molecule has 4 rings (SSSR count). The molecule has 0 aromatic heterocycles. The van der Waals surface area contributed by atoms with Crippen LogP contribution in [0.2, 0.25) is 0 Å². The van der Waals surface area contributed by atoms with Crippen LogP contribution in [0.25, 0.3) is 0 Å². The van der Waals surface area contributed by atoms with Crippen molar-refractivity contribution in [1.29, 1.82) is 0 Å². The first kappa shape index (κ1) is 31.1. The molecular formula is C31H29Cl3N2O4S. The summed E-state index contributed by atoms with van der Waals surface area (Å²) in [4.78, 5) is 46.7. The van der Waals surface area contributed by atoms with Gasteiger partial charge in [0.15, 0.2) is 11.5 Å². The van der Waals surface area contributed by atoms with Gasteiger partial charge in [0, 0.05) is 39.6 Å². The highest BCUT2D eigenvalue weighted by Gasteiger charge is 2.36. The van der Waals surface area contributed by atoms with Gasteiger partial charge in [0.25, 0.3) is 0 Å². The third-order valence-electron chi connectivity index (χ3n) is 6.94. The maximum absolute atomic E-state index is 13.2. The lowest BCUT2D eigenvalue weighted by molar-refractivity contribution is 0.0841. The second-order valence-corrected chi connectivity index (χ2v) is 13.5. The molecule has 3 aromatic rings. The van der Waals surface area contributed by atoms with Crippen molar-refractivity contribution in [3.05, 3.63) is 95.6 Å². The van der Waals surface area contributed by atoms with Gasteiger partial charge in [-0.1, -0.05) is 95.9 Å². The molecule has 0 N–H and O–H groups in total. The van der Waals surface area contributed by atoms with Crippen LogP contribution < -0.4 is 0 Å². The van der Waals surface area contributed by atoms with Gasteiger partial charge in [0.1, 0.15) is 0 Å². The number of hydrogen-bond acceptors (Lipinski definition) is 6. The molecule has 10 heteroatoms. The van der Waals surface area contributed by atoms with E-state index in [1.807, 2.05) is 30.3 Å². The quantitative estimate of drug-likeness (QED) is 0.0819. The van der Waals surface area contributed by atoms with E-state index in [4.69, 9.17) is 39.6 Å². The van der Waals surface area contributed by atoms with Gasteiger partial charge in [-0.2, -0.15) is 0 Å². The number of benzene rings is 3. The van der Waals surface area contributed by atoms with E-state index < -0.39 is 21.4 Å². The average Bonchev–Trinajstić information content (AvgIpc) is 2.97. The Morgan fingerprint density at radius 1 is 0.829 bits per heavy atom. The Balaban J connectivity index is 1.39. The van der Waals surface area contributed by atoms with Gasteiger partial charge in [-0.05, 0) is 73.2 Å². The summed E-state index contributed by atoms with van der Waals surface area (Å²) in [6, 6.07) is 23.1. The number of piperidine rings is 1. The zero-order chi connectivity index (χ0) is 29.6. The molecule has 1 heterocycles. The first-order valence-electron chi connectivity index (χ1n) is 13.2. The van der Waals surface area contributed by atoms with E-state index in [2.05, 4.69) is 19.0 Å².